The zero-order chi connectivity index (χ0) is 8.55. The highest BCUT2D eigenvalue weighted by molar-refractivity contribution is 5.89. The van der Waals surface area contributed by atoms with Crippen molar-refractivity contribution in [2.75, 3.05) is 0 Å². The van der Waals surface area contributed by atoms with Gasteiger partial charge in [0, 0.05) is 6.04 Å². The van der Waals surface area contributed by atoms with Gasteiger partial charge < -0.3 is 10.1 Å². The Hall–Kier alpha value is -1.32. The van der Waals surface area contributed by atoms with Crippen LogP contribution in [-0.2, 0) is 9.53 Å². The summed E-state index contributed by atoms with van der Waals surface area (Å²) < 4.78 is 4.43. The molecule has 1 amide bonds. The van der Waals surface area contributed by atoms with E-state index in [1.165, 1.54) is 0 Å². The fraction of sp³-hybridized carbons (Fsp3) is 0.500. The molecule has 12 heavy (non-hydrogen) atoms. The molecule has 0 aromatic heterocycles. The third-order valence-electron chi connectivity index (χ3n) is 2.23. The predicted octanol–water partition coefficient (Wildman–Crippen LogP) is 0.588. The van der Waals surface area contributed by atoms with Crippen molar-refractivity contribution in [1.29, 1.82) is 0 Å². The topological polar surface area (TPSA) is 55.4 Å². The van der Waals surface area contributed by atoms with Gasteiger partial charge in [-0.2, -0.15) is 0 Å². The van der Waals surface area contributed by atoms with Gasteiger partial charge in [0.25, 0.3) is 0 Å². The Labute approximate surface area is 69.6 Å². The molecule has 1 aliphatic heterocycles. The molecule has 1 aliphatic carbocycles. The van der Waals surface area contributed by atoms with E-state index in [2.05, 4.69) is 10.1 Å². The average molecular weight is 167 g/mol. The number of alkyl carbamates (subject to hydrolysis) is 1. The summed E-state index contributed by atoms with van der Waals surface area (Å²) in [6.07, 6.45) is 4.70. The first-order chi connectivity index (χ1) is 5.77. The number of hydrogen-bond donors (Lipinski definition) is 1. The highest BCUT2D eigenvalue weighted by Crippen LogP contribution is 2.23. The molecule has 0 radical (unpaired) electrons. The van der Waals surface area contributed by atoms with Crippen LogP contribution >= 0.6 is 0 Å². The third kappa shape index (κ3) is 1.09. The van der Waals surface area contributed by atoms with Gasteiger partial charge in [-0.25, -0.2) is 4.79 Å². The van der Waals surface area contributed by atoms with E-state index in [1.54, 1.807) is 0 Å². The lowest BCUT2D eigenvalue weighted by atomic mass is 9.88. The van der Waals surface area contributed by atoms with Crippen molar-refractivity contribution >= 4 is 12.1 Å². The lowest BCUT2D eigenvalue weighted by molar-refractivity contribution is -0.145. The summed E-state index contributed by atoms with van der Waals surface area (Å²) in [7, 11) is 0. The molecule has 2 rings (SSSR count). The molecule has 2 aliphatic rings. The number of carbonyl (C=O) groups is 2. The Bertz CT molecular complexity index is 259. The molecule has 64 valence electrons. The maximum absolute atomic E-state index is 11.1. The maximum atomic E-state index is 11.1. The molecule has 1 fully saturated rings. The highest BCUT2D eigenvalue weighted by Gasteiger charge is 2.37. The first kappa shape index (κ1) is 7.34. The SMILES string of the molecule is O=C1N[C@H]2CC=CC[C@H]2C(=O)O1. The van der Waals surface area contributed by atoms with Crippen molar-refractivity contribution in [3.05, 3.63) is 12.2 Å². The minimum Gasteiger partial charge on any atom is -0.376 e. The van der Waals surface area contributed by atoms with E-state index in [4.69, 9.17) is 0 Å². The second-order valence-electron chi connectivity index (χ2n) is 3.01. The molecule has 1 N–H and O–H groups in total. The lowest BCUT2D eigenvalue weighted by Crippen LogP contribution is -2.51. The highest BCUT2D eigenvalue weighted by atomic mass is 16.6. The zero-order valence-electron chi connectivity index (χ0n) is 6.45. The van der Waals surface area contributed by atoms with Gasteiger partial charge in [0.2, 0.25) is 0 Å². The van der Waals surface area contributed by atoms with Gasteiger partial charge in [0.05, 0.1) is 5.92 Å². The van der Waals surface area contributed by atoms with Gasteiger partial charge in [-0.3, -0.25) is 4.79 Å². The third-order valence-corrected chi connectivity index (χ3v) is 2.23. The minimum absolute atomic E-state index is 0.0521. The first-order valence-electron chi connectivity index (χ1n) is 3.94. The van der Waals surface area contributed by atoms with E-state index < -0.39 is 12.1 Å². The minimum atomic E-state index is -0.614. The van der Waals surface area contributed by atoms with Crippen molar-refractivity contribution in [3.8, 4) is 0 Å². The number of rotatable bonds is 0. The van der Waals surface area contributed by atoms with E-state index in [1.807, 2.05) is 12.2 Å². The summed E-state index contributed by atoms with van der Waals surface area (Å²) in [4.78, 5) is 21.9. The van der Waals surface area contributed by atoms with Crippen LogP contribution in [0.3, 0.4) is 0 Å². The Morgan fingerprint density at radius 2 is 2.08 bits per heavy atom. The molecule has 0 saturated carbocycles. The number of fused-ring (bicyclic) bond motifs is 1. The maximum Gasteiger partial charge on any atom is 0.415 e. The summed E-state index contributed by atoms with van der Waals surface area (Å²) in [5, 5.41) is 2.62. The van der Waals surface area contributed by atoms with Gasteiger partial charge in [-0.1, -0.05) is 12.2 Å². The number of nitrogens with one attached hydrogen (secondary N) is 1. The summed E-state index contributed by atoms with van der Waals surface area (Å²) in [6.45, 7) is 0. The fourth-order valence-corrected chi connectivity index (χ4v) is 1.58. The summed E-state index contributed by atoms with van der Waals surface area (Å²) >= 11 is 0. The van der Waals surface area contributed by atoms with Crippen LogP contribution in [0.15, 0.2) is 12.2 Å². The van der Waals surface area contributed by atoms with Crippen LogP contribution in [0.1, 0.15) is 12.8 Å². The van der Waals surface area contributed by atoms with E-state index >= 15 is 0 Å². The number of esters is 1. The second-order valence-corrected chi connectivity index (χ2v) is 3.01. The zero-order valence-corrected chi connectivity index (χ0v) is 6.45. The van der Waals surface area contributed by atoms with Crippen LogP contribution in [0.5, 0.6) is 0 Å². The van der Waals surface area contributed by atoms with E-state index in [9.17, 15) is 9.59 Å². The van der Waals surface area contributed by atoms with Crippen molar-refractivity contribution in [2.45, 2.75) is 18.9 Å². The largest absolute Gasteiger partial charge is 0.415 e. The van der Waals surface area contributed by atoms with Crippen LogP contribution in [0.25, 0.3) is 0 Å². The standard InChI is InChI=1S/C8H9NO3/c10-7-5-3-1-2-4-6(5)9-8(11)12-7/h1-2,5-6H,3-4H2,(H,9,11)/t5-,6+/m1/s1. The Morgan fingerprint density at radius 1 is 1.33 bits per heavy atom. The number of allylic oxidation sites excluding steroid dienone is 1. The molecular formula is C8H9NO3. The number of cyclic esters (lactones) is 2. The van der Waals surface area contributed by atoms with E-state index in [0.29, 0.717) is 6.42 Å². The van der Waals surface area contributed by atoms with E-state index in [0.717, 1.165) is 6.42 Å². The molecule has 4 heteroatoms. The van der Waals surface area contributed by atoms with E-state index in [-0.39, 0.29) is 12.0 Å². The second kappa shape index (κ2) is 2.62. The van der Waals surface area contributed by atoms with Gasteiger partial charge in [0.15, 0.2) is 0 Å². The Balaban J connectivity index is 2.18. The smallest absolute Gasteiger partial charge is 0.376 e. The monoisotopic (exact) mass is 167 g/mol. The number of hydrogen-bond acceptors (Lipinski definition) is 3. The van der Waals surface area contributed by atoms with Gasteiger partial charge in [-0.05, 0) is 12.8 Å². The van der Waals surface area contributed by atoms with Crippen molar-refractivity contribution in [2.24, 2.45) is 5.92 Å². The Kier molecular flexibility index (Phi) is 1.60. The number of amides is 1. The van der Waals surface area contributed by atoms with Crippen LogP contribution in [-0.4, -0.2) is 18.1 Å². The molecule has 1 heterocycles. The molecule has 0 aromatic carbocycles. The molecule has 0 spiro atoms. The summed E-state index contributed by atoms with van der Waals surface area (Å²) in [5.41, 5.74) is 0. The normalized spacial score (nSPS) is 33.7. The van der Waals surface area contributed by atoms with Crippen LogP contribution in [0, 0.1) is 5.92 Å². The first-order valence-corrected chi connectivity index (χ1v) is 3.94. The summed E-state index contributed by atoms with van der Waals surface area (Å²) in [6, 6.07) is -0.0521. The fourth-order valence-electron chi connectivity index (χ4n) is 1.58. The van der Waals surface area contributed by atoms with Gasteiger partial charge in [0.1, 0.15) is 0 Å². The van der Waals surface area contributed by atoms with Gasteiger partial charge >= 0.3 is 12.1 Å². The predicted molar refractivity (Wildman–Crippen MR) is 40.3 cm³/mol. The molecule has 4 nitrogen and oxygen atoms in total. The van der Waals surface area contributed by atoms with Crippen LogP contribution < -0.4 is 5.32 Å². The van der Waals surface area contributed by atoms with Crippen LogP contribution in [0.2, 0.25) is 0 Å². The van der Waals surface area contributed by atoms with Crippen molar-refractivity contribution in [1.82, 2.24) is 5.32 Å². The molecule has 0 aromatic rings. The molecule has 0 unspecified atom stereocenters. The number of carbonyl (C=O) groups excluding carboxylic acids is 2. The lowest BCUT2D eigenvalue weighted by Gasteiger charge is -2.30. The van der Waals surface area contributed by atoms with Gasteiger partial charge in [-0.15, -0.1) is 0 Å². The molecule has 1 saturated heterocycles. The quantitative estimate of drug-likeness (QED) is 0.326. The average Bonchev–Trinajstić information content (AvgIpc) is 2.04. The molecular weight excluding hydrogens is 158 g/mol. The molecule has 0 bridgehead atoms. The number of ether oxygens (including phenoxy) is 1. The van der Waals surface area contributed by atoms with Crippen molar-refractivity contribution < 1.29 is 14.3 Å². The summed E-state index contributed by atoms with van der Waals surface area (Å²) in [5.74, 6) is -0.569. The Morgan fingerprint density at radius 3 is 2.92 bits per heavy atom. The van der Waals surface area contributed by atoms with Crippen molar-refractivity contribution in [3.63, 3.8) is 0 Å². The molecule has 2 atom stereocenters. The van der Waals surface area contributed by atoms with Crippen LogP contribution in [0.4, 0.5) is 4.79 Å².